The number of hydrogen-bond donors (Lipinski definition) is 1. The highest BCUT2D eigenvalue weighted by Crippen LogP contribution is 2.10. The van der Waals surface area contributed by atoms with Gasteiger partial charge in [-0.2, -0.15) is 0 Å². The van der Waals surface area contributed by atoms with Crippen LogP contribution in [0.3, 0.4) is 0 Å². The lowest BCUT2D eigenvalue weighted by molar-refractivity contribution is -0.126. The molecule has 1 aromatic rings. The van der Waals surface area contributed by atoms with Crippen LogP contribution in [-0.4, -0.2) is 37.2 Å². The Morgan fingerprint density at radius 3 is 2.24 bits per heavy atom. The van der Waals surface area contributed by atoms with E-state index in [0.717, 1.165) is 5.69 Å². The summed E-state index contributed by atoms with van der Waals surface area (Å²) in [5.74, 6) is 0.139. The van der Waals surface area contributed by atoms with Crippen LogP contribution in [0.25, 0.3) is 0 Å². The molecule has 0 aromatic heterocycles. The molecule has 0 unspecified atom stereocenters. The van der Waals surface area contributed by atoms with Gasteiger partial charge in [0.15, 0.2) is 5.78 Å². The molecule has 0 aliphatic rings. The highest BCUT2D eigenvalue weighted by molar-refractivity contribution is 5.96. The topological polar surface area (TPSA) is 49.4 Å². The predicted molar refractivity (Wildman–Crippen MR) is 68.2 cm³/mol. The number of ketones is 1. The molecule has 1 aromatic carbocycles. The van der Waals surface area contributed by atoms with E-state index >= 15 is 0 Å². The fourth-order valence-corrected chi connectivity index (χ4v) is 1.31. The maximum Gasteiger partial charge on any atom is 0.241 e. The first-order chi connectivity index (χ1) is 8.04. The van der Waals surface area contributed by atoms with Crippen molar-refractivity contribution >= 4 is 17.4 Å². The van der Waals surface area contributed by atoms with Crippen LogP contribution < -0.4 is 5.32 Å². The highest BCUT2D eigenvalue weighted by Gasteiger charge is 2.04. The van der Waals surface area contributed by atoms with E-state index in [4.69, 9.17) is 0 Å². The predicted octanol–water partition coefficient (Wildman–Crippen LogP) is 1.78. The van der Waals surface area contributed by atoms with E-state index in [1.165, 1.54) is 4.90 Å². The number of likely N-dealkylation sites (N-methyl/N-ethyl adjacent to an activating group) is 1. The Labute approximate surface area is 102 Å². The van der Waals surface area contributed by atoms with Gasteiger partial charge in [0.1, 0.15) is 0 Å². The van der Waals surface area contributed by atoms with Crippen LogP contribution in [0.5, 0.6) is 0 Å². The molecular weight excluding hydrogens is 216 g/mol. The maximum absolute atomic E-state index is 11.4. The molecule has 0 spiro atoms. The second-order valence-electron chi connectivity index (χ2n) is 4.00. The van der Waals surface area contributed by atoms with Gasteiger partial charge < -0.3 is 10.2 Å². The number of benzene rings is 1. The number of carbonyl (C=O) groups is 2. The standard InChI is InChI=1S/C13H18N2O2/c1-4-12(16)10-5-7-11(8-6-10)14-9-13(17)15(2)3/h5-8,14H,4,9H2,1-3H3. The van der Waals surface area contributed by atoms with Crippen molar-refractivity contribution in [3.05, 3.63) is 29.8 Å². The van der Waals surface area contributed by atoms with Crippen LogP contribution in [-0.2, 0) is 4.79 Å². The Morgan fingerprint density at radius 2 is 1.76 bits per heavy atom. The molecule has 0 fully saturated rings. The maximum atomic E-state index is 11.4. The average Bonchev–Trinajstić information content (AvgIpc) is 2.35. The minimum absolute atomic E-state index is 0.0127. The molecule has 0 bridgehead atoms. The van der Waals surface area contributed by atoms with Crippen LogP contribution >= 0.6 is 0 Å². The van der Waals surface area contributed by atoms with Crippen LogP contribution in [0.1, 0.15) is 23.7 Å². The zero-order valence-corrected chi connectivity index (χ0v) is 10.5. The van der Waals surface area contributed by atoms with E-state index in [-0.39, 0.29) is 18.2 Å². The van der Waals surface area contributed by atoms with Crippen molar-refractivity contribution in [1.82, 2.24) is 4.90 Å². The number of nitrogens with one attached hydrogen (secondary N) is 1. The Hall–Kier alpha value is -1.84. The van der Waals surface area contributed by atoms with Gasteiger partial charge in [0.2, 0.25) is 5.91 Å². The largest absolute Gasteiger partial charge is 0.376 e. The lowest BCUT2D eigenvalue weighted by atomic mass is 10.1. The number of carbonyl (C=O) groups excluding carboxylic acids is 2. The first-order valence-electron chi connectivity index (χ1n) is 5.62. The molecule has 0 radical (unpaired) electrons. The molecule has 0 saturated carbocycles. The van der Waals surface area contributed by atoms with Gasteiger partial charge >= 0.3 is 0 Å². The molecule has 1 N–H and O–H groups in total. The fourth-order valence-electron chi connectivity index (χ4n) is 1.31. The van der Waals surface area contributed by atoms with Gasteiger partial charge in [0, 0.05) is 31.8 Å². The lowest BCUT2D eigenvalue weighted by Gasteiger charge is -2.11. The van der Waals surface area contributed by atoms with Crippen molar-refractivity contribution < 1.29 is 9.59 Å². The number of anilines is 1. The van der Waals surface area contributed by atoms with Gasteiger partial charge in [-0.1, -0.05) is 6.92 Å². The normalized spacial score (nSPS) is 9.82. The van der Waals surface area contributed by atoms with E-state index in [1.54, 1.807) is 26.2 Å². The first kappa shape index (κ1) is 13.2. The molecule has 17 heavy (non-hydrogen) atoms. The Balaban J connectivity index is 2.57. The van der Waals surface area contributed by atoms with Crippen molar-refractivity contribution in [2.75, 3.05) is 26.0 Å². The van der Waals surface area contributed by atoms with Crippen molar-refractivity contribution in [1.29, 1.82) is 0 Å². The average molecular weight is 234 g/mol. The monoisotopic (exact) mass is 234 g/mol. The molecule has 0 aliphatic heterocycles. The summed E-state index contributed by atoms with van der Waals surface area (Å²) in [5.41, 5.74) is 1.55. The number of hydrogen-bond acceptors (Lipinski definition) is 3. The van der Waals surface area contributed by atoms with Crippen molar-refractivity contribution in [3.8, 4) is 0 Å². The zero-order chi connectivity index (χ0) is 12.8. The second kappa shape index (κ2) is 6.03. The van der Waals surface area contributed by atoms with E-state index in [2.05, 4.69) is 5.32 Å². The summed E-state index contributed by atoms with van der Waals surface area (Å²) in [6, 6.07) is 7.17. The summed E-state index contributed by atoms with van der Waals surface area (Å²) < 4.78 is 0. The summed E-state index contributed by atoms with van der Waals surface area (Å²) in [6.45, 7) is 2.10. The van der Waals surface area contributed by atoms with Gasteiger partial charge in [0.05, 0.1) is 6.54 Å². The zero-order valence-electron chi connectivity index (χ0n) is 10.5. The second-order valence-corrected chi connectivity index (χ2v) is 4.00. The van der Waals surface area contributed by atoms with Gasteiger partial charge in [-0.05, 0) is 24.3 Å². The fraction of sp³-hybridized carbons (Fsp3) is 0.385. The minimum atomic E-state index is 0.0127. The third-order valence-corrected chi connectivity index (χ3v) is 2.47. The molecule has 0 saturated heterocycles. The lowest BCUT2D eigenvalue weighted by Crippen LogP contribution is -2.28. The smallest absolute Gasteiger partial charge is 0.241 e. The third-order valence-electron chi connectivity index (χ3n) is 2.47. The Kier molecular flexibility index (Phi) is 4.69. The number of rotatable bonds is 5. The summed E-state index contributed by atoms with van der Waals surface area (Å²) in [4.78, 5) is 24.3. The van der Waals surface area contributed by atoms with Gasteiger partial charge in [0.25, 0.3) is 0 Å². The van der Waals surface area contributed by atoms with Crippen molar-refractivity contribution in [3.63, 3.8) is 0 Å². The van der Waals surface area contributed by atoms with Crippen molar-refractivity contribution in [2.24, 2.45) is 0 Å². The molecular formula is C13H18N2O2. The van der Waals surface area contributed by atoms with Gasteiger partial charge in [-0.3, -0.25) is 9.59 Å². The highest BCUT2D eigenvalue weighted by atomic mass is 16.2. The number of Topliss-reactive ketones (excluding diaryl/α,β-unsaturated/α-hetero) is 1. The molecule has 0 aliphatic carbocycles. The Bertz CT molecular complexity index is 396. The van der Waals surface area contributed by atoms with Crippen molar-refractivity contribution in [2.45, 2.75) is 13.3 Å². The summed E-state index contributed by atoms with van der Waals surface area (Å²) in [7, 11) is 3.43. The molecule has 0 heterocycles. The summed E-state index contributed by atoms with van der Waals surface area (Å²) in [6.07, 6.45) is 0.506. The van der Waals surface area contributed by atoms with E-state index in [9.17, 15) is 9.59 Å². The molecule has 92 valence electrons. The SMILES string of the molecule is CCC(=O)c1ccc(NCC(=O)N(C)C)cc1. The summed E-state index contributed by atoms with van der Waals surface area (Å²) >= 11 is 0. The van der Waals surface area contributed by atoms with E-state index < -0.39 is 0 Å². The van der Waals surface area contributed by atoms with Crippen LogP contribution in [0.15, 0.2) is 24.3 Å². The quantitative estimate of drug-likeness (QED) is 0.790. The molecule has 0 atom stereocenters. The van der Waals surface area contributed by atoms with Crippen LogP contribution in [0.2, 0.25) is 0 Å². The van der Waals surface area contributed by atoms with E-state index in [1.807, 2.05) is 19.1 Å². The molecule has 4 nitrogen and oxygen atoms in total. The molecule has 4 heteroatoms. The minimum Gasteiger partial charge on any atom is -0.376 e. The number of nitrogens with zero attached hydrogens (tertiary/aromatic N) is 1. The molecule has 1 rings (SSSR count). The van der Waals surface area contributed by atoms with Crippen LogP contribution in [0, 0.1) is 0 Å². The van der Waals surface area contributed by atoms with Crippen LogP contribution in [0.4, 0.5) is 5.69 Å². The van der Waals surface area contributed by atoms with E-state index in [0.29, 0.717) is 12.0 Å². The third kappa shape index (κ3) is 3.90. The molecule has 1 amide bonds. The summed E-state index contributed by atoms with van der Waals surface area (Å²) in [5, 5.41) is 3.01. The first-order valence-corrected chi connectivity index (χ1v) is 5.62. The number of amides is 1. The van der Waals surface area contributed by atoms with Gasteiger partial charge in [-0.25, -0.2) is 0 Å². The van der Waals surface area contributed by atoms with Gasteiger partial charge in [-0.15, -0.1) is 0 Å². The Morgan fingerprint density at radius 1 is 1.18 bits per heavy atom.